The van der Waals surface area contributed by atoms with E-state index in [0.717, 1.165) is 5.56 Å². The summed E-state index contributed by atoms with van der Waals surface area (Å²) in [5.41, 5.74) is 0.429. The first-order valence-electron chi connectivity index (χ1n) is 8.22. The van der Waals surface area contributed by atoms with Gasteiger partial charge in [0.25, 0.3) is 0 Å². The molecule has 1 aliphatic rings. The van der Waals surface area contributed by atoms with Gasteiger partial charge in [0, 0.05) is 18.1 Å². The van der Waals surface area contributed by atoms with Crippen molar-refractivity contribution in [1.82, 2.24) is 4.90 Å². The molecule has 1 heterocycles. The van der Waals surface area contributed by atoms with Crippen LogP contribution in [0.15, 0.2) is 24.3 Å². The van der Waals surface area contributed by atoms with Crippen LogP contribution in [0.4, 0.5) is 0 Å². The van der Waals surface area contributed by atoms with E-state index in [1.165, 1.54) is 0 Å². The Morgan fingerprint density at radius 3 is 2.13 bits per heavy atom. The van der Waals surface area contributed by atoms with Gasteiger partial charge in [-0.3, -0.25) is 9.59 Å². The highest BCUT2D eigenvalue weighted by Crippen LogP contribution is 2.35. The molecule has 5 heteroatoms. The van der Waals surface area contributed by atoms with E-state index < -0.39 is 11.4 Å². The van der Waals surface area contributed by atoms with Crippen LogP contribution in [-0.4, -0.2) is 35.0 Å². The molecule has 0 atom stereocenters. The molecule has 1 aromatic carbocycles. The van der Waals surface area contributed by atoms with Gasteiger partial charge in [0.15, 0.2) is 0 Å². The standard InChI is InChI=1S/C18H24ClNO3/c1-3-18(4-2,14-5-7-15(19)8-6-14)17(23)20-11-9-13(10-12-20)16(21)22/h5-8,13H,3-4,9-12H2,1-2H3,(H,21,22). The Morgan fingerprint density at radius 2 is 1.70 bits per heavy atom. The normalized spacial score (nSPS) is 16.4. The van der Waals surface area contributed by atoms with E-state index in [1.807, 2.05) is 43.0 Å². The zero-order valence-electron chi connectivity index (χ0n) is 13.7. The third-order valence-electron chi connectivity index (χ3n) is 5.14. The number of hydrogen-bond acceptors (Lipinski definition) is 2. The molecule has 0 aliphatic carbocycles. The maximum atomic E-state index is 13.2. The van der Waals surface area contributed by atoms with Gasteiger partial charge in [-0.25, -0.2) is 0 Å². The van der Waals surface area contributed by atoms with E-state index in [1.54, 1.807) is 0 Å². The second-order valence-corrected chi connectivity index (χ2v) is 6.64. The van der Waals surface area contributed by atoms with E-state index in [4.69, 9.17) is 16.7 Å². The summed E-state index contributed by atoms with van der Waals surface area (Å²) in [6.07, 6.45) is 2.49. The minimum Gasteiger partial charge on any atom is -0.481 e. The topological polar surface area (TPSA) is 57.6 Å². The number of carboxylic acids is 1. The Labute approximate surface area is 142 Å². The molecule has 4 nitrogen and oxygen atoms in total. The summed E-state index contributed by atoms with van der Waals surface area (Å²) in [7, 11) is 0. The lowest BCUT2D eigenvalue weighted by Crippen LogP contribution is -2.49. The molecule has 0 saturated carbocycles. The van der Waals surface area contributed by atoms with E-state index in [-0.39, 0.29) is 11.8 Å². The van der Waals surface area contributed by atoms with Crippen molar-refractivity contribution in [2.45, 2.75) is 44.9 Å². The maximum absolute atomic E-state index is 13.2. The predicted octanol–water partition coefficient (Wildman–Crippen LogP) is 3.72. The Morgan fingerprint density at radius 1 is 1.17 bits per heavy atom. The third-order valence-corrected chi connectivity index (χ3v) is 5.40. The lowest BCUT2D eigenvalue weighted by Gasteiger charge is -2.39. The van der Waals surface area contributed by atoms with Crippen molar-refractivity contribution in [2.75, 3.05) is 13.1 Å². The number of carboxylic acid groups (broad SMARTS) is 1. The number of likely N-dealkylation sites (tertiary alicyclic amines) is 1. The van der Waals surface area contributed by atoms with Gasteiger partial charge < -0.3 is 10.0 Å². The molecule has 23 heavy (non-hydrogen) atoms. The van der Waals surface area contributed by atoms with Crippen LogP contribution in [0.2, 0.25) is 5.02 Å². The van der Waals surface area contributed by atoms with E-state index in [0.29, 0.717) is 43.8 Å². The Hall–Kier alpha value is -1.55. The molecular formula is C18H24ClNO3. The van der Waals surface area contributed by atoms with Gasteiger partial charge in [0.1, 0.15) is 0 Å². The second-order valence-electron chi connectivity index (χ2n) is 6.20. The average Bonchev–Trinajstić information content (AvgIpc) is 2.58. The van der Waals surface area contributed by atoms with Gasteiger partial charge in [-0.05, 0) is 43.4 Å². The number of carbonyl (C=O) groups excluding carboxylic acids is 1. The van der Waals surface area contributed by atoms with Crippen LogP contribution in [0.3, 0.4) is 0 Å². The van der Waals surface area contributed by atoms with Gasteiger partial charge in [0.05, 0.1) is 11.3 Å². The van der Waals surface area contributed by atoms with Gasteiger partial charge in [-0.1, -0.05) is 37.6 Å². The van der Waals surface area contributed by atoms with Crippen LogP contribution < -0.4 is 0 Å². The summed E-state index contributed by atoms with van der Waals surface area (Å²) >= 11 is 5.97. The number of benzene rings is 1. The molecule has 1 fully saturated rings. The first kappa shape index (κ1) is 17.8. The molecule has 0 radical (unpaired) electrons. The molecule has 0 aromatic heterocycles. The van der Waals surface area contributed by atoms with Crippen molar-refractivity contribution in [2.24, 2.45) is 5.92 Å². The number of rotatable bonds is 5. The highest BCUT2D eigenvalue weighted by molar-refractivity contribution is 6.30. The van der Waals surface area contributed by atoms with Crippen LogP contribution in [0.5, 0.6) is 0 Å². The fourth-order valence-electron chi connectivity index (χ4n) is 3.49. The Bertz CT molecular complexity index is 558. The number of hydrogen-bond donors (Lipinski definition) is 1. The summed E-state index contributed by atoms with van der Waals surface area (Å²) < 4.78 is 0. The van der Waals surface area contributed by atoms with Crippen molar-refractivity contribution in [3.8, 4) is 0 Å². The molecule has 1 aliphatic heterocycles. The first-order valence-corrected chi connectivity index (χ1v) is 8.60. The molecule has 0 unspecified atom stereocenters. The molecule has 1 N–H and O–H groups in total. The monoisotopic (exact) mass is 337 g/mol. The smallest absolute Gasteiger partial charge is 0.306 e. The minimum absolute atomic E-state index is 0.105. The summed E-state index contributed by atoms with van der Waals surface area (Å²) in [6.45, 7) is 5.09. The Kier molecular flexibility index (Phi) is 5.69. The number of carbonyl (C=O) groups is 2. The lowest BCUT2D eigenvalue weighted by molar-refractivity contribution is -0.147. The van der Waals surface area contributed by atoms with E-state index >= 15 is 0 Å². The maximum Gasteiger partial charge on any atom is 0.306 e. The SMILES string of the molecule is CCC(CC)(C(=O)N1CCC(C(=O)O)CC1)c1ccc(Cl)cc1. The quantitative estimate of drug-likeness (QED) is 0.890. The zero-order valence-corrected chi connectivity index (χ0v) is 14.5. The van der Waals surface area contributed by atoms with Crippen molar-refractivity contribution < 1.29 is 14.7 Å². The van der Waals surface area contributed by atoms with E-state index in [2.05, 4.69) is 0 Å². The fourth-order valence-corrected chi connectivity index (χ4v) is 3.61. The average molecular weight is 338 g/mol. The van der Waals surface area contributed by atoms with Gasteiger partial charge >= 0.3 is 5.97 Å². The van der Waals surface area contributed by atoms with E-state index in [9.17, 15) is 9.59 Å². The largest absolute Gasteiger partial charge is 0.481 e. The first-order chi connectivity index (χ1) is 10.9. The number of nitrogens with zero attached hydrogens (tertiary/aromatic N) is 1. The van der Waals surface area contributed by atoms with Crippen LogP contribution in [0, 0.1) is 5.92 Å². The summed E-state index contributed by atoms with van der Waals surface area (Å²) in [6, 6.07) is 7.50. The lowest BCUT2D eigenvalue weighted by atomic mass is 9.74. The zero-order chi connectivity index (χ0) is 17.0. The van der Waals surface area contributed by atoms with Crippen molar-refractivity contribution in [3.05, 3.63) is 34.9 Å². The number of aliphatic carboxylic acids is 1. The highest BCUT2D eigenvalue weighted by Gasteiger charge is 2.41. The van der Waals surface area contributed by atoms with Gasteiger partial charge in [-0.15, -0.1) is 0 Å². The third kappa shape index (κ3) is 3.52. The summed E-state index contributed by atoms with van der Waals surface area (Å²) in [5.74, 6) is -0.979. The van der Waals surface area contributed by atoms with Gasteiger partial charge in [0.2, 0.25) is 5.91 Å². The Balaban J connectivity index is 2.22. The summed E-state index contributed by atoms with van der Waals surface area (Å²) in [5, 5.41) is 9.76. The minimum atomic E-state index is -0.757. The number of amides is 1. The molecular weight excluding hydrogens is 314 g/mol. The molecule has 2 rings (SSSR count). The van der Waals surface area contributed by atoms with Crippen LogP contribution in [0.1, 0.15) is 45.1 Å². The van der Waals surface area contributed by atoms with Crippen LogP contribution >= 0.6 is 11.6 Å². The molecule has 0 bridgehead atoms. The number of halogens is 1. The molecule has 1 amide bonds. The highest BCUT2D eigenvalue weighted by atomic mass is 35.5. The van der Waals surface area contributed by atoms with Crippen LogP contribution in [-0.2, 0) is 15.0 Å². The molecule has 0 spiro atoms. The molecule has 1 saturated heterocycles. The molecule has 126 valence electrons. The van der Waals surface area contributed by atoms with Gasteiger partial charge in [-0.2, -0.15) is 0 Å². The van der Waals surface area contributed by atoms with Crippen molar-refractivity contribution >= 4 is 23.5 Å². The van der Waals surface area contributed by atoms with Crippen LogP contribution in [0.25, 0.3) is 0 Å². The van der Waals surface area contributed by atoms with Crippen molar-refractivity contribution in [3.63, 3.8) is 0 Å². The predicted molar refractivity (Wildman–Crippen MR) is 90.7 cm³/mol. The number of piperidine rings is 1. The second kappa shape index (κ2) is 7.35. The summed E-state index contributed by atoms with van der Waals surface area (Å²) in [4.78, 5) is 26.1. The fraction of sp³-hybridized carbons (Fsp3) is 0.556. The molecule has 1 aromatic rings. The van der Waals surface area contributed by atoms with Crippen molar-refractivity contribution in [1.29, 1.82) is 0 Å².